The third-order valence-corrected chi connectivity index (χ3v) is 5.80. The van der Waals surface area contributed by atoms with Crippen LogP contribution in [0.4, 0.5) is 5.82 Å². The van der Waals surface area contributed by atoms with Gasteiger partial charge in [0, 0.05) is 6.54 Å². The molecular formula is C20H30ClN5O. The van der Waals surface area contributed by atoms with Gasteiger partial charge in [0.1, 0.15) is 17.2 Å². The zero-order valence-electron chi connectivity index (χ0n) is 16.3. The Kier molecular flexibility index (Phi) is 6.60. The molecule has 1 aliphatic heterocycles. The normalized spacial score (nSPS) is 16.1. The first-order valence-electron chi connectivity index (χ1n) is 10.0. The van der Waals surface area contributed by atoms with Crippen LogP contribution in [0.3, 0.4) is 0 Å². The zero-order chi connectivity index (χ0) is 19.4. The number of likely N-dealkylation sites (tertiary alicyclic amines) is 1. The van der Waals surface area contributed by atoms with Crippen molar-refractivity contribution in [3.8, 4) is 0 Å². The number of anilines is 1. The molecule has 3 rings (SSSR count). The first kappa shape index (κ1) is 20.0. The summed E-state index contributed by atoms with van der Waals surface area (Å²) in [6.07, 6.45) is 5.43. The van der Waals surface area contributed by atoms with Crippen LogP contribution >= 0.6 is 11.6 Å². The number of fused-ring (bicyclic) bond motifs is 1. The largest absolute Gasteiger partial charge is 0.384 e. The summed E-state index contributed by atoms with van der Waals surface area (Å²) < 4.78 is 1.67. The fourth-order valence-corrected chi connectivity index (χ4v) is 3.92. The molecule has 7 heteroatoms. The number of halogens is 1. The standard InChI is InChI=1S/C20H30ClN5O/c1-3-5-10-25-11-8-14(9-12-25)13-23-20(27)18-16(4-2)24-17-7-6-15(21)19(22)26(17)18/h6-7,14H,3-5,8-13,22H2,1-2H3,(H,23,27). The summed E-state index contributed by atoms with van der Waals surface area (Å²) >= 11 is 6.16. The van der Waals surface area contributed by atoms with Gasteiger partial charge < -0.3 is 16.0 Å². The van der Waals surface area contributed by atoms with Gasteiger partial charge in [-0.25, -0.2) is 4.98 Å². The number of piperidine rings is 1. The maximum Gasteiger partial charge on any atom is 0.270 e. The second kappa shape index (κ2) is 8.93. The molecular weight excluding hydrogens is 362 g/mol. The molecule has 1 aliphatic rings. The van der Waals surface area contributed by atoms with Crippen molar-refractivity contribution in [3.05, 3.63) is 28.5 Å². The fraction of sp³-hybridized carbons (Fsp3) is 0.600. The van der Waals surface area contributed by atoms with E-state index in [1.54, 1.807) is 16.5 Å². The summed E-state index contributed by atoms with van der Waals surface area (Å²) in [5, 5.41) is 3.54. The van der Waals surface area contributed by atoms with Gasteiger partial charge >= 0.3 is 0 Å². The van der Waals surface area contributed by atoms with Gasteiger partial charge in [-0.15, -0.1) is 0 Å². The Morgan fingerprint density at radius 1 is 1.33 bits per heavy atom. The minimum atomic E-state index is -0.123. The SMILES string of the molecule is CCCCN1CCC(CNC(=O)c2c(CC)nc3ccc(Cl)c(N)n23)CC1. The average Bonchev–Trinajstić information content (AvgIpc) is 3.07. The highest BCUT2D eigenvalue weighted by atomic mass is 35.5. The number of carbonyl (C=O) groups is 1. The number of carbonyl (C=O) groups excluding carboxylic acids is 1. The summed E-state index contributed by atoms with van der Waals surface area (Å²) in [6, 6.07) is 3.51. The van der Waals surface area contributed by atoms with E-state index >= 15 is 0 Å². The monoisotopic (exact) mass is 391 g/mol. The van der Waals surface area contributed by atoms with Crippen LogP contribution in [-0.2, 0) is 6.42 Å². The number of nitrogens with zero attached hydrogens (tertiary/aromatic N) is 3. The first-order chi connectivity index (χ1) is 13.0. The van der Waals surface area contributed by atoms with Crippen molar-refractivity contribution in [2.75, 3.05) is 31.9 Å². The molecule has 1 saturated heterocycles. The average molecular weight is 392 g/mol. The van der Waals surface area contributed by atoms with Crippen LogP contribution in [0.2, 0.25) is 5.02 Å². The van der Waals surface area contributed by atoms with Gasteiger partial charge in [-0.1, -0.05) is 31.9 Å². The van der Waals surface area contributed by atoms with Gasteiger partial charge in [0.2, 0.25) is 0 Å². The van der Waals surface area contributed by atoms with Crippen LogP contribution in [0.1, 0.15) is 55.7 Å². The van der Waals surface area contributed by atoms with Crippen molar-refractivity contribution in [1.82, 2.24) is 19.6 Å². The molecule has 6 nitrogen and oxygen atoms in total. The van der Waals surface area contributed by atoms with E-state index in [-0.39, 0.29) is 5.91 Å². The Morgan fingerprint density at radius 2 is 2.07 bits per heavy atom. The lowest BCUT2D eigenvalue weighted by Crippen LogP contribution is -2.39. The van der Waals surface area contributed by atoms with Crippen LogP contribution in [0.5, 0.6) is 0 Å². The van der Waals surface area contributed by atoms with E-state index in [1.165, 1.54) is 19.4 Å². The number of unbranched alkanes of at least 4 members (excludes halogenated alkanes) is 1. The molecule has 3 heterocycles. The van der Waals surface area contributed by atoms with Crippen molar-refractivity contribution in [2.45, 2.75) is 46.0 Å². The molecule has 0 radical (unpaired) electrons. The predicted octanol–water partition coefficient (Wildman–Crippen LogP) is 3.37. The number of imidazole rings is 1. The topological polar surface area (TPSA) is 75.7 Å². The molecule has 0 aromatic carbocycles. The number of nitrogens with one attached hydrogen (secondary N) is 1. The van der Waals surface area contributed by atoms with Gasteiger partial charge in [0.25, 0.3) is 5.91 Å². The van der Waals surface area contributed by atoms with Crippen molar-refractivity contribution in [3.63, 3.8) is 0 Å². The van der Waals surface area contributed by atoms with Crippen molar-refractivity contribution in [1.29, 1.82) is 0 Å². The van der Waals surface area contributed by atoms with Gasteiger partial charge in [-0.2, -0.15) is 0 Å². The summed E-state index contributed by atoms with van der Waals surface area (Å²) in [5.41, 5.74) is 8.03. The molecule has 0 saturated carbocycles. The van der Waals surface area contributed by atoms with Crippen molar-refractivity contribution in [2.24, 2.45) is 5.92 Å². The molecule has 27 heavy (non-hydrogen) atoms. The number of aryl methyl sites for hydroxylation is 1. The lowest BCUT2D eigenvalue weighted by Gasteiger charge is -2.31. The molecule has 2 aromatic heterocycles. The zero-order valence-corrected chi connectivity index (χ0v) is 17.1. The minimum Gasteiger partial charge on any atom is -0.384 e. The van der Waals surface area contributed by atoms with E-state index in [0.717, 1.165) is 31.6 Å². The smallest absolute Gasteiger partial charge is 0.270 e. The fourth-order valence-electron chi connectivity index (χ4n) is 3.78. The number of nitrogen functional groups attached to an aromatic ring is 1. The third-order valence-electron chi connectivity index (χ3n) is 5.48. The predicted molar refractivity (Wildman–Crippen MR) is 110 cm³/mol. The second-order valence-corrected chi connectivity index (χ2v) is 7.78. The molecule has 0 bridgehead atoms. The Balaban J connectivity index is 1.66. The molecule has 3 N–H and O–H groups in total. The number of rotatable bonds is 7. The second-order valence-electron chi connectivity index (χ2n) is 7.37. The van der Waals surface area contributed by atoms with E-state index in [0.29, 0.717) is 41.1 Å². The van der Waals surface area contributed by atoms with Crippen LogP contribution < -0.4 is 11.1 Å². The highest BCUT2D eigenvalue weighted by molar-refractivity contribution is 6.32. The molecule has 0 atom stereocenters. The van der Waals surface area contributed by atoms with Crippen molar-refractivity contribution >= 4 is 29.0 Å². The first-order valence-corrected chi connectivity index (χ1v) is 10.4. The maximum absolute atomic E-state index is 12.9. The summed E-state index contributed by atoms with van der Waals surface area (Å²) in [5.74, 6) is 0.759. The highest BCUT2D eigenvalue weighted by Gasteiger charge is 2.23. The summed E-state index contributed by atoms with van der Waals surface area (Å²) in [4.78, 5) is 20.0. The number of amides is 1. The number of pyridine rings is 1. The summed E-state index contributed by atoms with van der Waals surface area (Å²) in [6.45, 7) is 8.35. The number of nitrogens with two attached hydrogens (primary N) is 1. The van der Waals surface area contributed by atoms with Gasteiger partial charge in [-0.05, 0) is 63.4 Å². The lowest BCUT2D eigenvalue weighted by atomic mass is 9.96. The number of hydrogen-bond donors (Lipinski definition) is 2. The quantitative estimate of drug-likeness (QED) is 0.758. The molecule has 0 unspecified atom stereocenters. The molecule has 2 aromatic rings. The van der Waals surface area contributed by atoms with E-state index in [2.05, 4.69) is 22.1 Å². The number of hydrogen-bond acceptors (Lipinski definition) is 4. The molecule has 1 amide bonds. The van der Waals surface area contributed by atoms with Crippen molar-refractivity contribution < 1.29 is 4.79 Å². The van der Waals surface area contributed by atoms with Crippen LogP contribution in [0, 0.1) is 5.92 Å². The van der Waals surface area contributed by atoms with E-state index < -0.39 is 0 Å². The lowest BCUT2D eigenvalue weighted by molar-refractivity contribution is 0.0929. The molecule has 1 fully saturated rings. The maximum atomic E-state index is 12.9. The van der Waals surface area contributed by atoms with Crippen LogP contribution in [0.25, 0.3) is 5.65 Å². The van der Waals surface area contributed by atoms with E-state index in [9.17, 15) is 4.79 Å². The third kappa shape index (κ3) is 4.38. The summed E-state index contributed by atoms with van der Waals surface area (Å²) in [7, 11) is 0. The molecule has 0 aliphatic carbocycles. The van der Waals surface area contributed by atoms with Crippen LogP contribution in [0.15, 0.2) is 12.1 Å². The Labute approximate surface area is 166 Å². The van der Waals surface area contributed by atoms with Crippen LogP contribution in [-0.4, -0.2) is 46.4 Å². The molecule has 148 valence electrons. The Morgan fingerprint density at radius 3 is 2.74 bits per heavy atom. The van der Waals surface area contributed by atoms with Gasteiger partial charge in [-0.3, -0.25) is 9.20 Å². The van der Waals surface area contributed by atoms with Gasteiger partial charge in [0.05, 0.1) is 10.7 Å². The Hall–Kier alpha value is -1.79. The highest BCUT2D eigenvalue weighted by Crippen LogP contribution is 2.24. The van der Waals surface area contributed by atoms with E-state index in [4.69, 9.17) is 17.3 Å². The minimum absolute atomic E-state index is 0.123. The van der Waals surface area contributed by atoms with E-state index in [1.807, 2.05) is 6.92 Å². The molecule has 0 spiro atoms. The number of aromatic nitrogens is 2. The Bertz CT molecular complexity index is 795. The van der Waals surface area contributed by atoms with Gasteiger partial charge in [0.15, 0.2) is 0 Å².